The maximum Gasteiger partial charge on any atom is 0.243 e. The molecule has 0 radical (unpaired) electrons. The van der Waals surface area contributed by atoms with Crippen LogP contribution in [-0.2, 0) is 9.53 Å². The highest BCUT2D eigenvalue weighted by molar-refractivity contribution is 6.31. The molecule has 2 unspecified atom stereocenters. The van der Waals surface area contributed by atoms with Crippen molar-refractivity contribution >= 4 is 23.5 Å². The molecule has 1 aliphatic heterocycles. The van der Waals surface area contributed by atoms with E-state index in [9.17, 15) is 4.79 Å². The first-order valence-corrected chi connectivity index (χ1v) is 11.2. The smallest absolute Gasteiger partial charge is 0.243 e. The van der Waals surface area contributed by atoms with Crippen molar-refractivity contribution < 1.29 is 9.53 Å². The van der Waals surface area contributed by atoms with Gasteiger partial charge in [-0.3, -0.25) is 9.69 Å². The molecule has 0 spiro atoms. The molecule has 1 heterocycles. The van der Waals surface area contributed by atoms with E-state index in [2.05, 4.69) is 40.4 Å². The molecule has 1 aliphatic rings. The topological polar surface area (TPSA) is 69.2 Å². The lowest BCUT2D eigenvalue weighted by atomic mass is 10.0. The fourth-order valence-electron chi connectivity index (χ4n) is 3.52. The number of nitrogens with one attached hydrogen (secondary N) is 2. The maximum atomic E-state index is 12.0. The van der Waals surface area contributed by atoms with Crippen LogP contribution in [0.1, 0.15) is 38.3 Å². The molecule has 1 aromatic carbocycles. The summed E-state index contributed by atoms with van der Waals surface area (Å²) >= 11 is 6.51. The number of halogens is 1. The lowest BCUT2D eigenvalue weighted by Crippen LogP contribution is -2.45. The second-order valence-electron chi connectivity index (χ2n) is 7.61. The predicted octanol–water partition coefficient (Wildman–Crippen LogP) is 2.53. The SMILES string of the molecule is CCN(CC)C(CNC(=NCC(=O)N(C)C)NCC1CCCO1)c1ccccc1Cl. The average molecular weight is 438 g/mol. The summed E-state index contributed by atoms with van der Waals surface area (Å²) in [7, 11) is 3.47. The van der Waals surface area contributed by atoms with E-state index in [1.54, 1.807) is 19.0 Å². The molecule has 7 nitrogen and oxygen atoms in total. The van der Waals surface area contributed by atoms with Crippen LogP contribution >= 0.6 is 11.6 Å². The monoisotopic (exact) mass is 437 g/mol. The van der Waals surface area contributed by atoms with Crippen molar-refractivity contribution in [2.45, 2.75) is 38.8 Å². The number of aliphatic imine (C=N–C) groups is 1. The van der Waals surface area contributed by atoms with Crippen LogP contribution in [-0.4, -0.2) is 81.2 Å². The molecule has 0 aromatic heterocycles. The van der Waals surface area contributed by atoms with E-state index in [0.29, 0.717) is 19.0 Å². The zero-order chi connectivity index (χ0) is 21.9. The third-order valence-electron chi connectivity index (χ3n) is 5.37. The Morgan fingerprint density at radius 1 is 1.27 bits per heavy atom. The summed E-state index contributed by atoms with van der Waals surface area (Å²) in [5, 5.41) is 7.52. The van der Waals surface area contributed by atoms with Gasteiger partial charge >= 0.3 is 0 Å². The predicted molar refractivity (Wildman–Crippen MR) is 123 cm³/mol. The molecular weight excluding hydrogens is 402 g/mol. The Labute approximate surface area is 185 Å². The standard InChI is InChI=1S/C22H36ClN5O2/c1-5-28(6-2)20(18-11-7-8-12-19(18)23)15-25-22(26-16-21(29)27(3)4)24-14-17-10-9-13-30-17/h7-8,11-12,17,20H,5-6,9-10,13-16H2,1-4H3,(H2,24,25,26). The van der Waals surface area contributed by atoms with Gasteiger partial charge in [-0.1, -0.05) is 43.6 Å². The van der Waals surface area contributed by atoms with E-state index in [4.69, 9.17) is 16.3 Å². The minimum atomic E-state index is -0.0420. The van der Waals surface area contributed by atoms with E-state index in [0.717, 1.165) is 43.1 Å². The molecule has 168 valence electrons. The summed E-state index contributed by atoms with van der Waals surface area (Å²) in [6.07, 6.45) is 2.31. The first-order chi connectivity index (χ1) is 14.5. The third kappa shape index (κ3) is 7.45. The summed E-state index contributed by atoms with van der Waals surface area (Å²) in [5.41, 5.74) is 1.08. The minimum Gasteiger partial charge on any atom is -0.376 e. The summed E-state index contributed by atoms with van der Waals surface area (Å²) in [5.74, 6) is 0.574. The van der Waals surface area contributed by atoms with Crippen molar-refractivity contribution in [3.8, 4) is 0 Å². The molecule has 1 fully saturated rings. The number of carbonyl (C=O) groups excluding carboxylic acids is 1. The molecule has 2 N–H and O–H groups in total. The van der Waals surface area contributed by atoms with Crippen LogP contribution in [0.15, 0.2) is 29.3 Å². The molecule has 0 aliphatic carbocycles. The molecule has 0 saturated carbocycles. The summed E-state index contributed by atoms with van der Waals surface area (Å²) in [4.78, 5) is 20.4. The lowest BCUT2D eigenvalue weighted by Gasteiger charge is -2.31. The molecule has 8 heteroatoms. The molecule has 0 bridgehead atoms. The van der Waals surface area contributed by atoms with Crippen LogP contribution in [0.5, 0.6) is 0 Å². The Morgan fingerprint density at radius 3 is 2.60 bits per heavy atom. The number of benzene rings is 1. The summed E-state index contributed by atoms with van der Waals surface area (Å²) < 4.78 is 5.70. The molecule has 1 aromatic rings. The molecule has 1 amide bonds. The van der Waals surface area contributed by atoms with Gasteiger partial charge in [0.1, 0.15) is 6.54 Å². The van der Waals surface area contributed by atoms with Crippen LogP contribution in [0.3, 0.4) is 0 Å². The quantitative estimate of drug-likeness (QED) is 0.435. The fourth-order valence-corrected chi connectivity index (χ4v) is 3.78. The van der Waals surface area contributed by atoms with Crippen LogP contribution in [0, 0.1) is 0 Å². The third-order valence-corrected chi connectivity index (χ3v) is 5.72. The van der Waals surface area contributed by atoms with Gasteiger partial charge in [-0.25, -0.2) is 4.99 Å². The summed E-state index contributed by atoms with van der Waals surface area (Å²) in [6.45, 7) is 8.30. The van der Waals surface area contributed by atoms with E-state index >= 15 is 0 Å². The number of guanidine groups is 1. The average Bonchev–Trinajstić information content (AvgIpc) is 3.26. The zero-order valence-electron chi connectivity index (χ0n) is 18.7. The van der Waals surface area contributed by atoms with Gasteiger partial charge in [-0.2, -0.15) is 0 Å². The van der Waals surface area contributed by atoms with Crippen molar-refractivity contribution in [2.24, 2.45) is 4.99 Å². The first kappa shape index (κ1) is 24.4. The lowest BCUT2D eigenvalue weighted by molar-refractivity contribution is -0.127. The second kappa shape index (κ2) is 12.8. The molecule has 30 heavy (non-hydrogen) atoms. The van der Waals surface area contributed by atoms with Crippen LogP contribution in [0.4, 0.5) is 0 Å². The van der Waals surface area contributed by atoms with Crippen LogP contribution in [0.2, 0.25) is 5.02 Å². The van der Waals surface area contributed by atoms with Crippen molar-refractivity contribution in [1.82, 2.24) is 20.4 Å². The highest BCUT2D eigenvalue weighted by atomic mass is 35.5. The van der Waals surface area contributed by atoms with Crippen molar-refractivity contribution in [3.63, 3.8) is 0 Å². The Hall–Kier alpha value is -1.83. The van der Waals surface area contributed by atoms with Crippen molar-refractivity contribution in [1.29, 1.82) is 0 Å². The minimum absolute atomic E-state index is 0.0420. The van der Waals surface area contributed by atoms with Crippen molar-refractivity contribution in [3.05, 3.63) is 34.9 Å². The number of ether oxygens (including phenoxy) is 1. The molecule has 1 saturated heterocycles. The Bertz CT molecular complexity index is 688. The number of rotatable bonds is 10. The zero-order valence-corrected chi connectivity index (χ0v) is 19.4. The van der Waals surface area contributed by atoms with Gasteiger partial charge in [0.05, 0.1) is 12.1 Å². The number of hydrogen-bond acceptors (Lipinski definition) is 4. The fraction of sp³-hybridized carbons (Fsp3) is 0.636. The highest BCUT2D eigenvalue weighted by Gasteiger charge is 2.21. The van der Waals surface area contributed by atoms with E-state index < -0.39 is 0 Å². The number of likely N-dealkylation sites (N-methyl/N-ethyl adjacent to an activating group) is 2. The Morgan fingerprint density at radius 2 is 2.00 bits per heavy atom. The van der Waals surface area contributed by atoms with Crippen molar-refractivity contribution in [2.75, 3.05) is 53.4 Å². The normalized spacial score (nSPS) is 17.8. The molecular formula is C22H36ClN5O2. The van der Waals surface area contributed by atoms with Gasteiger partial charge < -0.3 is 20.3 Å². The largest absolute Gasteiger partial charge is 0.376 e. The highest BCUT2D eigenvalue weighted by Crippen LogP contribution is 2.26. The van der Waals surface area contributed by atoms with E-state index in [-0.39, 0.29) is 24.6 Å². The molecule has 2 rings (SSSR count). The van der Waals surface area contributed by atoms with Gasteiger partial charge in [-0.05, 0) is 37.6 Å². The number of nitrogens with zero attached hydrogens (tertiary/aromatic N) is 3. The van der Waals surface area contributed by atoms with Gasteiger partial charge in [-0.15, -0.1) is 0 Å². The second-order valence-corrected chi connectivity index (χ2v) is 8.02. The van der Waals surface area contributed by atoms with Crippen LogP contribution in [0.25, 0.3) is 0 Å². The van der Waals surface area contributed by atoms with Gasteiger partial charge in [0.15, 0.2) is 5.96 Å². The van der Waals surface area contributed by atoms with Crippen LogP contribution < -0.4 is 10.6 Å². The number of carbonyl (C=O) groups is 1. The first-order valence-electron chi connectivity index (χ1n) is 10.8. The molecule has 2 atom stereocenters. The maximum absolute atomic E-state index is 12.0. The Kier molecular flexibility index (Phi) is 10.4. The van der Waals surface area contributed by atoms with Gasteiger partial charge in [0.25, 0.3) is 0 Å². The number of hydrogen-bond donors (Lipinski definition) is 2. The number of amides is 1. The van der Waals surface area contributed by atoms with E-state index in [1.165, 1.54) is 0 Å². The van der Waals surface area contributed by atoms with E-state index in [1.807, 2.05) is 18.2 Å². The van der Waals surface area contributed by atoms with Gasteiger partial charge in [0, 0.05) is 38.8 Å². The Balaban J connectivity index is 2.12. The van der Waals surface area contributed by atoms with Gasteiger partial charge in [0.2, 0.25) is 5.91 Å². The summed E-state index contributed by atoms with van der Waals surface area (Å²) in [6, 6.07) is 8.04.